The summed E-state index contributed by atoms with van der Waals surface area (Å²) in [6, 6.07) is 2.67. The first-order valence-electron chi connectivity index (χ1n) is 6.32. The summed E-state index contributed by atoms with van der Waals surface area (Å²) in [5.41, 5.74) is 0.237. The number of halogens is 2. The molecule has 8 heteroatoms. The summed E-state index contributed by atoms with van der Waals surface area (Å²) in [4.78, 5) is 23.1. The molecular formula is C13H14Br2N2O4. The topological polar surface area (TPSA) is 87.7 Å². The molecule has 0 spiro atoms. The largest absolute Gasteiger partial charge is 0.478 e. The first-order valence-corrected chi connectivity index (χ1v) is 7.91. The van der Waals surface area contributed by atoms with Crippen LogP contribution in [0, 0.1) is 5.92 Å². The van der Waals surface area contributed by atoms with Crippen LogP contribution < -0.4 is 10.6 Å². The van der Waals surface area contributed by atoms with Gasteiger partial charge < -0.3 is 20.5 Å². The van der Waals surface area contributed by atoms with Gasteiger partial charge in [0.1, 0.15) is 0 Å². The molecule has 1 saturated heterocycles. The number of carbonyl (C=O) groups is 2. The summed E-state index contributed by atoms with van der Waals surface area (Å²) >= 11 is 6.48. The van der Waals surface area contributed by atoms with Crippen LogP contribution in [0.1, 0.15) is 16.8 Å². The van der Waals surface area contributed by atoms with Crippen LogP contribution in [0.2, 0.25) is 0 Å². The third kappa shape index (κ3) is 4.42. The van der Waals surface area contributed by atoms with E-state index in [4.69, 9.17) is 4.74 Å². The van der Waals surface area contributed by atoms with Gasteiger partial charge in [0.2, 0.25) is 0 Å². The zero-order chi connectivity index (χ0) is 15.4. The van der Waals surface area contributed by atoms with Gasteiger partial charge in [-0.25, -0.2) is 9.59 Å². The molecule has 0 aromatic heterocycles. The van der Waals surface area contributed by atoms with E-state index in [0.29, 0.717) is 28.0 Å². The lowest BCUT2D eigenvalue weighted by Crippen LogP contribution is -2.33. The zero-order valence-electron chi connectivity index (χ0n) is 11.0. The maximum absolute atomic E-state index is 11.9. The van der Waals surface area contributed by atoms with Gasteiger partial charge in [-0.1, -0.05) is 15.9 Å². The Balaban J connectivity index is 2.04. The van der Waals surface area contributed by atoms with E-state index >= 15 is 0 Å². The lowest BCUT2D eigenvalue weighted by Gasteiger charge is -2.14. The first kappa shape index (κ1) is 16.3. The van der Waals surface area contributed by atoms with Crippen molar-refractivity contribution in [2.45, 2.75) is 6.42 Å². The summed E-state index contributed by atoms with van der Waals surface area (Å²) in [5, 5.41) is 14.5. The molecule has 0 saturated carbocycles. The number of hydrogen-bond donors (Lipinski definition) is 3. The molecule has 1 aliphatic rings. The van der Waals surface area contributed by atoms with Crippen LogP contribution in [0.3, 0.4) is 0 Å². The lowest BCUT2D eigenvalue weighted by molar-refractivity contribution is 0.0698. The van der Waals surface area contributed by atoms with E-state index in [1.807, 2.05) is 0 Å². The minimum atomic E-state index is -1.11. The molecule has 1 aromatic rings. The van der Waals surface area contributed by atoms with Crippen molar-refractivity contribution >= 4 is 49.5 Å². The van der Waals surface area contributed by atoms with E-state index in [2.05, 4.69) is 42.5 Å². The molecule has 1 heterocycles. The summed E-state index contributed by atoms with van der Waals surface area (Å²) < 4.78 is 6.33. The number of nitrogens with one attached hydrogen (secondary N) is 2. The van der Waals surface area contributed by atoms with Crippen LogP contribution >= 0.6 is 31.9 Å². The Hall–Kier alpha value is -1.12. The summed E-state index contributed by atoms with van der Waals surface area (Å²) in [7, 11) is 0. The van der Waals surface area contributed by atoms with Crippen LogP contribution in [0.15, 0.2) is 21.1 Å². The standard InChI is InChI=1S/C13H14Br2N2O4/c14-8-3-9(12(18)19)11(10(15)4-8)17-13(20)16-5-7-1-2-21-6-7/h3-4,7H,1-2,5-6H2,(H,18,19)(H2,16,17,20). The average Bonchev–Trinajstić information content (AvgIpc) is 2.92. The highest BCUT2D eigenvalue weighted by molar-refractivity contribution is 9.11. The number of hydrogen-bond acceptors (Lipinski definition) is 3. The molecule has 2 rings (SSSR count). The van der Waals surface area contributed by atoms with Gasteiger partial charge >= 0.3 is 12.0 Å². The van der Waals surface area contributed by atoms with Gasteiger partial charge in [0.25, 0.3) is 0 Å². The van der Waals surface area contributed by atoms with Crippen molar-refractivity contribution in [1.29, 1.82) is 0 Å². The quantitative estimate of drug-likeness (QED) is 0.697. The second-order valence-corrected chi connectivity index (χ2v) is 6.45. The number of rotatable bonds is 4. The normalized spacial score (nSPS) is 17.5. The molecule has 3 N–H and O–H groups in total. The SMILES string of the molecule is O=C(NCC1CCOC1)Nc1c(Br)cc(Br)cc1C(=O)O. The van der Waals surface area contributed by atoms with Crippen LogP contribution in [-0.2, 0) is 4.74 Å². The fourth-order valence-corrected chi connectivity index (χ4v) is 3.33. The number of carboxylic acid groups (broad SMARTS) is 1. The van der Waals surface area contributed by atoms with Crippen molar-refractivity contribution in [2.24, 2.45) is 5.92 Å². The van der Waals surface area contributed by atoms with Gasteiger partial charge in [-0.05, 0) is 34.5 Å². The molecule has 114 valence electrons. The minimum Gasteiger partial charge on any atom is -0.478 e. The number of ether oxygens (including phenoxy) is 1. The molecule has 1 fully saturated rings. The Bertz CT molecular complexity index is 559. The fourth-order valence-electron chi connectivity index (χ4n) is 2.01. The molecule has 21 heavy (non-hydrogen) atoms. The maximum Gasteiger partial charge on any atom is 0.337 e. The first-order chi connectivity index (χ1) is 9.97. The molecule has 1 aliphatic heterocycles. The van der Waals surface area contributed by atoms with E-state index < -0.39 is 12.0 Å². The molecule has 0 aliphatic carbocycles. The molecular weight excluding hydrogens is 408 g/mol. The molecule has 2 amide bonds. The molecule has 0 radical (unpaired) electrons. The van der Waals surface area contributed by atoms with E-state index in [9.17, 15) is 14.7 Å². The second kappa shape index (κ2) is 7.24. The molecule has 0 bridgehead atoms. The van der Waals surface area contributed by atoms with Crippen LogP contribution in [-0.4, -0.2) is 36.9 Å². The van der Waals surface area contributed by atoms with Crippen molar-refractivity contribution < 1.29 is 19.4 Å². The number of amides is 2. The van der Waals surface area contributed by atoms with Gasteiger partial charge in [0.05, 0.1) is 17.9 Å². The van der Waals surface area contributed by atoms with Gasteiger partial charge in [-0.15, -0.1) is 0 Å². The van der Waals surface area contributed by atoms with Crippen LogP contribution in [0.5, 0.6) is 0 Å². The van der Waals surface area contributed by atoms with Gasteiger partial charge in [0, 0.05) is 28.0 Å². The third-order valence-electron chi connectivity index (χ3n) is 3.10. The summed E-state index contributed by atoms with van der Waals surface area (Å²) in [5.74, 6) is -0.806. The molecule has 6 nitrogen and oxygen atoms in total. The van der Waals surface area contributed by atoms with Crippen molar-refractivity contribution in [2.75, 3.05) is 25.1 Å². The van der Waals surface area contributed by atoms with Crippen LogP contribution in [0.4, 0.5) is 10.5 Å². The number of carboxylic acids is 1. The molecule has 1 atom stereocenters. The second-order valence-electron chi connectivity index (χ2n) is 4.68. The van der Waals surface area contributed by atoms with Crippen LogP contribution in [0.25, 0.3) is 0 Å². The van der Waals surface area contributed by atoms with Gasteiger partial charge in [0.15, 0.2) is 0 Å². The maximum atomic E-state index is 11.9. The number of urea groups is 1. The average molecular weight is 422 g/mol. The minimum absolute atomic E-state index is 0.00981. The Morgan fingerprint density at radius 1 is 1.38 bits per heavy atom. The number of benzene rings is 1. The third-order valence-corrected chi connectivity index (χ3v) is 4.18. The highest BCUT2D eigenvalue weighted by Gasteiger charge is 2.19. The van der Waals surface area contributed by atoms with E-state index in [1.165, 1.54) is 6.07 Å². The molecule has 1 aromatic carbocycles. The van der Waals surface area contributed by atoms with E-state index in [-0.39, 0.29) is 11.3 Å². The number of carbonyl (C=O) groups excluding carboxylic acids is 1. The highest BCUT2D eigenvalue weighted by atomic mass is 79.9. The monoisotopic (exact) mass is 420 g/mol. The number of anilines is 1. The molecule has 1 unspecified atom stereocenters. The van der Waals surface area contributed by atoms with Gasteiger partial charge in [-0.2, -0.15) is 0 Å². The Morgan fingerprint density at radius 3 is 2.76 bits per heavy atom. The Morgan fingerprint density at radius 2 is 2.14 bits per heavy atom. The van der Waals surface area contributed by atoms with E-state index in [1.54, 1.807) is 6.07 Å². The summed E-state index contributed by atoms with van der Waals surface area (Å²) in [6.45, 7) is 1.86. The predicted molar refractivity (Wildman–Crippen MR) is 84.7 cm³/mol. The predicted octanol–water partition coefficient (Wildman–Crippen LogP) is 3.07. The van der Waals surface area contributed by atoms with Crippen molar-refractivity contribution in [3.05, 3.63) is 26.6 Å². The van der Waals surface area contributed by atoms with Crippen molar-refractivity contribution in [1.82, 2.24) is 5.32 Å². The smallest absolute Gasteiger partial charge is 0.337 e. The summed E-state index contributed by atoms with van der Waals surface area (Å²) in [6.07, 6.45) is 0.919. The lowest BCUT2D eigenvalue weighted by atomic mass is 10.1. The number of aromatic carboxylic acids is 1. The van der Waals surface area contributed by atoms with Crippen molar-refractivity contribution in [3.8, 4) is 0 Å². The Labute approximate surface area is 138 Å². The Kier molecular flexibility index (Phi) is 5.60. The van der Waals surface area contributed by atoms with Gasteiger partial charge in [-0.3, -0.25) is 0 Å². The fraction of sp³-hybridized carbons (Fsp3) is 0.385. The van der Waals surface area contributed by atoms with E-state index in [0.717, 1.165) is 13.0 Å². The van der Waals surface area contributed by atoms with Crippen molar-refractivity contribution in [3.63, 3.8) is 0 Å². The highest BCUT2D eigenvalue weighted by Crippen LogP contribution is 2.30. The zero-order valence-corrected chi connectivity index (χ0v) is 14.2.